The van der Waals surface area contributed by atoms with Crippen LogP contribution in [0.4, 0.5) is 0 Å². The number of carbonyl (C=O) groups is 1. The number of carbonyl (C=O) groups excluding carboxylic acids is 1. The second-order valence-corrected chi connectivity index (χ2v) is 5.23. The first-order chi connectivity index (χ1) is 10.1. The SMILES string of the molecule is O=C1c2c(O)c(=O)ncn2CCN1Cc1cccc(Cl)c1. The van der Waals surface area contributed by atoms with Gasteiger partial charge in [0.25, 0.3) is 5.91 Å². The maximum absolute atomic E-state index is 12.4. The van der Waals surface area contributed by atoms with Crippen molar-refractivity contribution in [2.45, 2.75) is 13.1 Å². The summed E-state index contributed by atoms with van der Waals surface area (Å²) >= 11 is 5.93. The monoisotopic (exact) mass is 305 g/mol. The number of halogens is 1. The summed E-state index contributed by atoms with van der Waals surface area (Å²) in [6.07, 6.45) is 1.28. The van der Waals surface area contributed by atoms with Crippen LogP contribution in [0.25, 0.3) is 0 Å². The molecule has 0 aliphatic carbocycles. The van der Waals surface area contributed by atoms with E-state index in [0.717, 1.165) is 5.56 Å². The van der Waals surface area contributed by atoms with E-state index in [0.29, 0.717) is 24.7 Å². The third-order valence-corrected chi connectivity index (χ3v) is 3.63. The van der Waals surface area contributed by atoms with Gasteiger partial charge >= 0.3 is 5.56 Å². The lowest BCUT2D eigenvalue weighted by molar-refractivity contribution is 0.0682. The second-order valence-electron chi connectivity index (χ2n) is 4.80. The Balaban J connectivity index is 1.92. The zero-order chi connectivity index (χ0) is 15.0. The first-order valence-electron chi connectivity index (χ1n) is 6.38. The lowest BCUT2D eigenvalue weighted by Crippen LogP contribution is -2.41. The number of aromatic nitrogens is 2. The molecule has 0 radical (unpaired) electrons. The predicted molar refractivity (Wildman–Crippen MR) is 76.4 cm³/mol. The number of amides is 1. The lowest BCUT2D eigenvalue weighted by atomic mass is 10.1. The highest BCUT2D eigenvalue weighted by molar-refractivity contribution is 6.30. The van der Waals surface area contributed by atoms with Gasteiger partial charge < -0.3 is 14.6 Å². The molecule has 0 spiro atoms. The number of nitrogens with zero attached hydrogens (tertiary/aromatic N) is 3. The molecule has 0 atom stereocenters. The summed E-state index contributed by atoms with van der Waals surface area (Å²) in [5, 5.41) is 10.4. The van der Waals surface area contributed by atoms with Crippen molar-refractivity contribution in [3.8, 4) is 5.75 Å². The topological polar surface area (TPSA) is 75.4 Å². The van der Waals surface area contributed by atoms with Crippen LogP contribution in [0.5, 0.6) is 5.75 Å². The van der Waals surface area contributed by atoms with Crippen LogP contribution < -0.4 is 5.56 Å². The highest BCUT2D eigenvalue weighted by Gasteiger charge is 2.28. The first-order valence-corrected chi connectivity index (χ1v) is 6.76. The van der Waals surface area contributed by atoms with Crippen molar-refractivity contribution in [2.24, 2.45) is 0 Å². The molecule has 108 valence electrons. The molecule has 0 fully saturated rings. The zero-order valence-corrected chi connectivity index (χ0v) is 11.7. The van der Waals surface area contributed by atoms with E-state index in [1.807, 2.05) is 12.1 Å². The van der Waals surface area contributed by atoms with Gasteiger partial charge in [0.05, 0.1) is 6.33 Å². The molecule has 0 saturated carbocycles. The molecular formula is C14H12ClN3O3. The van der Waals surface area contributed by atoms with E-state index in [9.17, 15) is 14.7 Å². The summed E-state index contributed by atoms with van der Waals surface area (Å²) in [5.74, 6) is -0.989. The Morgan fingerprint density at radius 3 is 2.86 bits per heavy atom. The third-order valence-electron chi connectivity index (χ3n) is 3.39. The van der Waals surface area contributed by atoms with E-state index in [4.69, 9.17) is 11.6 Å². The van der Waals surface area contributed by atoms with E-state index in [-0.39, 0.29) is 5.69 Å². The van der Waals surface area contributed by atoms with Crippen LogP contribution in [0.3, 0.4) is 0 Å². The molecule has 1 aromatic heterocycles. The third kappa shape index (κ3) is 2.50. The van der Waals surface area contributed by atoms with E-state index in [1.165, 1.54) is 10.9 Å². The number of hydrogen-bond acceptors (Lipinski definition) is 4. The normalized spacial score (nSPS) is 14.1. The van der Waals surface area contributed by atoms with Crippen molar-refractivity contribution in [3.63, 3.8) is 0 Å². The molecule has 1 amide bonds. The summed E-state index contributed by atoms with van der Waals surface area (Å²) in [5.41, 5.74) is 0.0858. The standard InChI is InChI=1S/C14H12ClN3O3/c15-10-3-1-2-9(6-10)7-17-4-5-18-8-16-13(20)12(19)11(18)14(17)21/h1-3,6,8,19H,4-5,7H2. The van der Waals surface area contributed by atoms with Gasteiger partial charge in [0.15, 0.2) is 5.69 Å². The minimum atomic E-state index is -0.792. The molecule has 0 saturated heterocycles. The van der Waals surface area contributed by atoms with Crippen LogP contribution in [0, 0.1) is 0 Å². The largest absolute Gasteiger partial charge is 0.501 e. The predicted octanol–water partition coefficient (Wildman–Crippen LogP) is 1.26. The Hall–Kier alpha value is -2.34. The van der Waals surface area contributed by atoms with Crippen molar-refractivity contribution >= 4 is 17.5 Å². The lowest BCUT2D eigenvalue weighted by Gasteiger charge is -2.29. The molecule has 0 bridgehead atoms. The Morgan fingerprint density at radius 1 is 1.29 bits per heavy atom. The van der Waals surface area contributed by atoms with Crippen molar-refractivity contribution < 1.29 is 9.90 Å². The first kappa shape index (κ1) is 13.6. The Morgan fingerprint density at radius 2 is 2.10 bits per heavy atom. The van der Waals surface area contributed by atoms with Crippen LogP contribution in [0.1, 0.15) is 16.1 Å². The number of fused-ring (bicyclic) bond motifs is 1. The summed E-state index contributed by atoms with van der Waals surface area (Å²) in [4.78, 5) is 28.9. The van der Waals surface area contributed by atoms with Crippen molar-refractivity contribution in [1.29, 1.82) is 0 Å². The summed E-state index contributed by atoms with van der Waals surface area (Å²) < 4.78 is 1.49. The van der Waals surface area contributed by atoms with Gasteiger partial charge in [-0.2, -0.15) is 4.98 Å². The van der Waals surface area contributed by atoms with Gasteiger partial charge in [0.1, 0.15) is 0 Å². The Bertz CT molecular complexity index is 772. The molecule has 1 aromatic carbocycles. The van der Waals surface area contributed by atoms with Crippen LogP contribution in [0.2, 0.25) is 5.02 Å². The minimum absolute atomic E-state index is 0.0109. The van der Waals surface area contributed by atoms with Crippen LogP contribution in [0.15, 0.2) is 35.4 Å². The fourth-order valence-electron chi connectivity index (χ4n) is 2.36. The molecule has 1 aliphatic heterocycles. The summed E-state index contributed by atoms with van der Waals surface area (Å²) in [6, 6.07) is 7.22. The minimum Gasteiger partial charge on any atom is -0.501 e. The van der Waals surface area contributed by atoms with Gasteiger partial charge in [0.2, 0.25) is 5.75 Å². The molecule has 0 unspecified atom stereocenters. The smallest absolute Gasteiger partial charge is 0.315 e. The Labute approximate surface area is 125 Å². The van der Waals surface area contributed by atoms with Crippen LogP contribution in [-0.2, 0) is 13.1 Å². The molecule has 3 rings (SSSR count). The number of benzene rings is 1. The molecule has 1 N–H and O–H groups in total. The van der Waals surface area contributed by atoms with Gasteiger partial charge in [-0.1, -0.05) is 23.7 Å². The van der Waals surface area contributed by atoms with E-state index in [2.05, 4.69) is 4.98 Å². The molecule has 21 heavy (non-hydrogen) atoms. The molecular weight excluding hydrogens is 294 g/mol. The van der Waals surface area contributed by atoms with E-state index < -0.39 is 17.2 Å². The molecule has 2 heterocycles. The van der Waals surface area contributed by atoms with Gasteiger partial charge in [-0.25, -0.2) is 0 Å². The van der Waals surface area contributed by atoms with Crippen LogP contribution >= 0.6 is 11.6 Å². The fraction of sp³-hybridized carbons (Fsp3) is 0.214. The van der Waals surface area contributed by atoms with E-state index >= 15 is 0 Å². The van der Waals surface area contributed by atoms with Crippen molar-refractivity contribution in [1.82, 2.24) is 14.5 Å². The highest BCUT2D eigenvalue weighted by Crippen LogP contribution is 2.20. The molecule has 2 aromatic rings. The van der Waals surface area contributed by atoms with Crippen LogP contribution in [-0.4, -0.2) is 32.0 Å². The maximum atomic E-state index is 12.4. The maximum Gasteiger partial charge on any atom is 0.315 e. The average Bonchev–Trinajstić information content (AvgIpc) is 2.46. The van der Waals surface area contributed by atoms with Gasteiger partial charge in [0, 0.05) is 24.7 Å². The average molecular weight is 306 g/mol. The molecule has 6 nitrogen and oxygen atoms in total. The number of rotatable bonds is 2. The van der Waals surface area contributed by atoms with Gasteiger partial charge in [-0.15, -0.1) is 0 Å². The second kappa shape index (κ2) is 5.21. The van der Waals surface area contributed by atoms with Crippen molar-refractivity contribution in [2.75, 3.05) is 6.54 Å². The molecule has 7 heteroatoms. The quantitative estimate of drug-likeness (QED) is 0.906. The Kier molecular flexibility index (Phi) is 3.39. The highest BCUT2D eigenvalue weighted by atomic mass is 35.5. The van der Waals surface area contributed by atoms with Crippen molar-refractivity contribution in [3.05, 3.63) is 57.2 Å². The summed E-state index contributed by atoms with van der Waals surface area (Å²) in [6.45, 7) is 1.32. The van der Waals surface area contributed by atoms with Gasteiger partial charge in [-0.3, -0.25) is 9.59 Å². The number of aromatic hydroxyl groups is 1. The van der Waals surface area contributed by atoms with Gasteiger partial charge in [-0.05, 0) is 17.7 Å². The fourth-order valence-corrected chi connectivity index (χ4v) is 2.57. The number of hydrogen-bond donors (Lipinski definition) is 1. The zero-order valence-electron chi connectivity index (χ0n) is 11.0. The molecule has 1 aliphatic rings. The van der Waals surface area contributed by atoms with E-state index in [1.54, 1.807) is 17.0 Å². The summed E-state index contributed by atoms with van der Waals surface area (Å²) in [7, 11) is 0.